The fourth-order valence-electron chi connectivity index (χ4n) is 4.81. The summed E-state index contributed by atoms with van der Waals surface area (Å²) in [6.45, 7) is 5.48. The molecule has 1 fully saturated rings. The molecule has 2 aromatic rings. The highest BCUT2D eigenvalue weighted by molar-refractivity contribution is 5.91. The Morgan fingerprint density at radius 1 is 1.10 bits per heavy atom. The number of benzene rings is 2. The number of hydrogen-bond acceptors (Lipinski definition) is 4. The summed E-state index contributed by atoms with van der Waals surface area (Å²) in [5, 5.41) is 20.7. The third kappa shape index (κ3) is 2.74. The standard InChI is InChI=1S/C25H22FN3O/c1-24(2,3)23(30)21-20(17-8-6-9-18(26)13-17)25(14-27,15-28)22-19-10-5-4-7-16(19)11-12-29(21)22/h4-13,20-22H,1-3H3/t20-,21+,22-/m1/s1. The summed E-state index contributed by atoms with van der Waals surface area (Å²) in [6, 6.07) is 16.6. The summed E-state index contributed by atoms with van der Waals surface area (Å²) in [4.78, 5) is 15.5. The molecule has 4 rings (SSSR count). The van der Waals surface area contributed by atoms with Gasteiger partial charge in [0.05, 0.1) is 24.2 Å². The van der Waals surface area contributed by atoms with Crippen LogP contribution >= 0.6 is 0 Å². The molecule has 0 N–H and O–H groups in total. The Labute approximate surface area is 175 Å². The number of carbonyl (C=O) groups excluding carboxylic acids is 1. The van der Waals surface area contributed by atoms with Gasteiger partial charge in [-0.05, 0) is 34.9 Å². The van der Waals surface area contributed by atoms with Crippen LogP contribution in [0.1, 0.15) is 49.4 Å². The number of nitriles is 2. The Hall–Kier alpha value is -3.44. The number of nitrogens with zero attached hydrogens (tertiary/aromatic N) is 3. The lowest BCUT2D eigenvalue weighted by Crippen LogP contribution is -2.43. The number of carbonyl (C=O) groups is 1. The van der Waals surface area contributed by atoms with Crippen molar-refractivity contribution in [2.24, 2.45) is 10.8 Å². The quantitative estimate of drug-likeness (QED) is 0.715. The Kier molecular flexibility index (Phi) is 4.51. The van der Waals surface area contributed by atoms with Gasteiger partial charge in [0.25, 0.3) is 0 Å². The Morgan fingerprint density at radius 2 is 1.80 bits per heavy atom. The van der Waals surface area contributed by atoms with E-state index in [4.69, 9.17) is 0 Å². The van der Waals surface area contributed by atoms with Crippen LogP contribution in [-0.2, 0) is 4.79 Å². The van der Waals surface area contributed by atoms with E-state index in [9.17, 15) is 19.7 Å². The predicted octanol–water partition coefficient (Wildman–Crippen LogP) is 4.97. The first kappa shape index (κ1) is 19.9. The highest BCUT2D eigenvalue weighted by Crippen LogP contribution is 2.60. The zero-order valence-electron chi connectivity index (χ0n) is 17.1. The first-order chi connectivity index (χ1) is 14.2. The largest absolute Gasteiger partial charge is 0.357 e. The van der Waals surface area contributed by atoms with Crippen molar-refractivity contribution >= 4 is 11.9 Å². The first-order valence-corrected chi connectivity index (χ1v) is 9.91. The van der Waals surface area contributed by atoms with Gasteiger partial charge < -0.3 is 4.90 Å². The van der Waals surface area contributed by atoms with Gasteiger partial charge in [-0.1, -0.05) is 57.2 Å². The number of rotatable bonds is 2. The Balaban J connectivity index is 2.03. The van der Waals surface area contributed by atoms with Gasteiger partial charge >= 0.3 is 0 Å². The van der Waals surface area contributed by atoms with Crippen LogP contribution in [0, 0.1) is 39.3 Å². The van der Waals surface area contributed by atoms with Gasteiger partial charge in [-0.3, -0.25) is 4.79 Å². The minimum Gasteiger partial charge on any atom is -0.357 e. The minimum atomic E-state index is -1.56. The molecule has 0 saturated carbocycles. The maximum absolute atomic E-state index is 14.2. The highest BCUT2D eigenvalue weighted by atomic mass is 19.1. The highest BCUT2D eigenvalue weighted by Gasteiger charge is 2.64. The second kappa shape index (κ2) is 6.82. The van der Waals surface area contributed by atoms with Crippen LogP contribution in [-0.4, -0.2) is 16.7 Å². The van der Waals surface area contributed by atoms with Gasteiger partial charge in [-0.15, -0.1) is 0 Å². The van der Waals surface area contributed by atoms with Gasteiger partial charge in [0.2, 0.25) is 0 Å². The van der Waals surface area contributed by atoms with E-state index in [0.29, 0.717) is 5.56 Å². The summed E-state index contributed by atoms with van der Waals surface area (Å²) in [5.74, 6) is -1.34. The molecule has 5 heteroatoms. The zero-order chi connectivity index (χ0) is 21.7. The molecule has 30 heavy (non-hydrogen) atoms. The first-order valence-electron chi connectivity index (χ1n) is 9.91. The summed E-state index contributed by atoms with van der Waals surface area (Å²) in [6.07, 6.45) is 3.71. The molecule has 0 bridgehead atoms. The van der Waals surface area contributed by atoms with Crippen LogP contribution in [0.3, 0.4) is 0 Å². The molecule has 1 saturated heterocycles. The summed E-state index contributed by atoms with van der Waals surface area (Å²) in [5.41, 5.74) is -0.0301. The van der Waals surface area contributed by atoms with Crippen LogP contribution in [0.5, 0.6) is 0 Å². The fraction of sp³-hybridized carbons (Fsp3) is 0.320. The third-order valence-corrected chi connectivity index (χ3v) is 6.16. The molecule has 2 aliphatic heterocycles. The Bertz CT molecular complexity index is 1120. The minimum absolute atomic E-state index is 0.0850. The SMILES string of the molecule is CC(C)(C)C(=O)[C@@H]1[C@@H](c2cccc(F)c2)C(C#N)(C#N)[C@H]2c3ccccc3C=CN12. The molecule has 2 aliphatic rings. The Morgan fingerprint density at radius 3 is 2.43 bits per heavy atom. The molecule has 0 spiro atoms. The van der Waals surface area contributed by atoms with Crippen molar-refractivity contribution in [1.29, 1.82) is 10.5 Å². The molecule has 2 heterocycles. The maximum atomic E-state index is 14.2. The second-order valence-corrected chi connectivity index (χ2v) is 8.98. The van der Waals surface area contributed by atoms with E-state index in [1.165, 1.54) is 12.1 Å². The van der Waals surface area contributed by atoms with Crippen molar-refractivity contribution in [3.63, 3.8) is 0 Å². The number of fused-ring (bicyclic) bond motifs is 3. The maximum Gasteiger partial charge on any atom is 0.177 e. The van der Waals surface area contributed by atoms with E-state index in [1.807, 2.05) is 62.2 Å². The van der Waals surface area contributed by atoms with Gasteiger partial charge in [0, 0.05) is 17.5 Å². The van der Waals surface area contributed by atoms with Crippen molar-refractivity contribution in [3.8, 4) is 12.1 Å². The van der Waals surface area contributed by atoms with Crippen LogP contribution < -0.4 is 0 Å². The average Bonchev–Trinajstić information content (AvgIpc) is 3.03. The van der Waals surface area contributed by atoms with E-state index in [0.717, 1.165) is 11.1 Å². The van der Waals surface area contributed by atoms with E-state index in [-0.39, 0.29) is 5.78 Å². The molecule has 0 aliphatic carbocycles. The monoisotopic (exact) mass is 399 g/mol. The van der Waals surface area contributed by atoms with Crippen molar-refractivity contribution in [2.75, 3.05) is 0 Å². The number of halogens is 1. The van der Waals surface area contributed by atoms with E-state index in [2.05, 4.69) is 12.1 Å². The molecule has 150 valence electrons. The van der Waals surface area contributed by atoms with Crippen molar-refractivity contribution in [1.82, 2.24) is 4.90 Å². The van der Waals surface area contributed by atoms with Crippen LogP contribution in [0.4, 0.5) is 4.39 Å². The van der Waals surface area contributed by atoms with Crippen molar-refractivity contribution < 1.29 is 9.18 Å². The molecule has 0 amide bonds. The lowest BCUT2D eigenvalue weighted by atomic mass is 9.66. The molecular formula is C25H22FN3O. The van der Waals surface area contributed by atoms with E-state index < -0.39 is 34.6 Å². The van der Waals surface area contributed by atoms with Gasteiger partial charge in [0.15, 0.2) is 11.2 Å². The van der Waals surface area contributed by atoms with Gasteiger partial charge in [-0.2, -0.15) is 10.5 Å². The van der Waals surface area contributed by atoms with E-state index in [1.54, 1.807) is 12.1 Å². The fourth-order valence-corrected chi connectivity index (χ4v) is 4.81. The average molecular weight is 399 g/mol. The van der Waals surface area contributed by atoms with Gasteiger partial charge in [-0.25, -0.2) is 4.39 Å². The number of Topliss-reactive ketones (excluding diaryl/α,β-unsaturated/α-hetero) is 1. The molecular weight excluding hydrogens is 377 g/mol. The summed E-state index contributed by atoms with van der Waals surface area (Å²) < 4.78 is 14.2. The molecule has 0 aromatic heterocycles. The third-order valence-electron chi connectivity index (χ3n) is 6.16. The topological polar surface area (TPSA) is 67.9 Å². The number of hydrogen-bond donors (Lipinski definition) is 0. The molecule has 2 aromatic carbocycles. The molecule has 0 unspecified atom stereocenters. The van der Waals surface area contributed by atoms with Crippen LogP contribution in [0.25, 0.3) is 6.08 Å². The molecule has 4 nitrogen and oxygen atoms in total. The van der Waals surface area contributed by atoms with Crippen molar-refractivity contribution in [2.45, 2.75) is 38.8 Å². The van der Waals surface area contributed by atoms with Gasteiger partial charge in [0.1, 0.15) is 5.82 Å². The van der Waals surface area contributed by atoms with Crippen LogP contribution in [0.2, 0.25) is 0 Å². The van der Waals surface area contributed by atoms with Crippen LogP contribution in [0.15, 0.2) is 54.7 Å². The lowest BCUT2D eigenvalue weighted by Gasteiger charge is -2.36. The van der Waals surface area contributed by atoms with Crippen molar-refractivity contribution in [3.05, 3.63) is 77.2 Å². The normalized spacial score (nSPS) is 23.8. The van der Waals surface area contributed by atoms with E-state index >= 15 is 0 Å². The summed E-state index contributed by atoms with van der Waals surface area (Å²) in [7, 11) is 0. The second-order valence-electron chi connectivity index (χ2n) is 8.98. The zero-order valence-corrected chi connectivity index (χ0v) is 17.1. The molecule has 3 atom stereocenters. The molecule has 0 radical (unpaired) electrons. The lowest BCUT2D eigenvalue weighted by molar-refractivity contribution is -0.130. The predicted molar refractivity (Wildman–Crippen MR) is 111 cm³/mol. The summed E-state index contributed by atoms with van der Waals surface area (Å²) >= 11 is 0. The smallest absolute Gasteiger partial charge is 0.177 e. The number of ketones is 1.